The Kier molecular flexibility index (Phi) is 9.11. The van der Waals surface area contributed by atoms with Crippen LogP contribution in [0.2, 0.25) is 5.02 Å². The van der Waals surface area contributed by atoms with Crippen LogP contribution in [0.3, 0.4) is 0 Å². The number of urea groups is 1. The van der Waals surface area contributed by atoms with Crippen LogP contribution < -0.4 is 10.6 Å². The van der Waals surface area contributed by atoms with E-state index in [1.807, 2.05) is 6.92 Å². The molecule has 0 aromatic heterocycles. The number of hydrogen-bond acceptors (Lipinski definition) is 6. The molecule has 0 spiro atoms. The summed E-state index contributed by atoms with van der Waals surface area (Å²) >= 11 is 11.2. The highest BCUT2D eigenvalue weighted by atomic mass is 35.5. The van der Waals surface area contributed by atoms with Gasteiger partial charge in [-0.15, -0.1) is 0 Å². The van der Waals surface area contributed by atoms with Crippen LogP contribution in [0, 0.1) is 21.8 Å². The van der Waals surface area contributed by atoms with Crippen LogP contribution >= 0.6 is 23.8 Å². The van der Waals surface area contributed by atoms with Gasteiger partial charge in [0.1, 0.15) is 11.4 Å². The quantitative estimate of drug-likeness (QED) is 0.251. The molecule has 13 heteroatoms. The van der Waals surface area contributed by atoms with Crippen LogP contribution in [0.25, 0.3) is 0 Å². The molecule has 2 aromatic carbocycles. The molecule has 2 atom stereocenters. The largest absolute Gasteiger partial charge is 0.477 e. The van der Waals surface area contributed by atoms with Gasteiger partial charge in [0, 0.05) is 17.6 Å². The van der Waals surface area contributed by atoms with Crippen LogP contribution in [0.4, 0.5) is 14.9 Å². The Hall–Kier alpha value is -3.64. The van der Waals surface area contributed by atoms with E-state index < -0.39 is 51.9 Å². The summed E-state index contributed by atoms with van der Waals surface area (Å²) in [6, 6.07) is 6.08. The van der Waals surface area contributed by atoms with Gasteiger partial charge in [-0.2, -0.15) is 0 Å². The fourth-order valence-electron chi connectivity index (χ4n) is 4.05. The Morgan fingerprint density at radius 1 is 1.35 bits per heavy atom. The number of aromatic carboxylic acids is 1. The minimum Gasteiger partial charge on any atom is -0.477 e. The number of imide groups is 1. The third kappa shape index (κ3) is 6.77. The number of halogens is 2. The van der Waals surface area contributed by atoms with E-state index in [0.29, 0.717) is 23.4 Å². The van der Waals surface area contributed by atoms with Gasteiger partial charge in [-0.05, 0) is 48.2 Å². The SMILES string of the molecule is CCC[C@@H](NC(=O)N1CC(=S)NC[C@@H](Cc2cc(Cl)ccc2F)C1=O)c1ccc(C(=O)O)c([N+](=O)[O-])c1. The molecule has 1 heterocycles. The predicted molar refractivity (Wildman–Crippen MR) is 137 cm³/mol. The van der Waals surface area contributed by atoms with Gasteiger partial charge in [0.05, 0.1) is 28.4 Å². The lowest BCUT2D eigenvalue weighted by Gasteiger charge is -2.26. The standard InChI is InChI=1S/C24H24ClFN4O6S/c1-2-3-19(13-4-6-17(23(32)33)20(10-13)30(35)36)28-24(34)29-12-21(37)27-11-15(22(29)31)8-14-9-16(25)5-7-18(14)26/h4-7,9-10,15,19H,2-3,8,11-12H2,1H3,(H,27,37)(H,28,34)(H,32,33)/t15-,19-/m1/s1. The van der Waals surface area contributed by atoms with E-state index >= 15 is 0 Å². The van der Waals surface area contributed by atoms with E-state index in [0.717, 1.165) is 17.0 Å². The molecule has 2 aromatic rings. The van der Waals surface area contributed by atoms with Crippen molar-refractivity contribution < 1.29 is 28.8 Å². The van der Waals surface area contributed by atoms with Crippen molar-refractivity contribution in [2.75, 3.05) is 13.1 Å². The fraction of sp³-hybridized carbons (Fsp3) is 0.333. The normalized spacial score (nSPS) is 16.5. The van der Waals surface area contributed by atoms with Crippen molar-refractivity contribution in [3.63, 3.8) is 0 Å². The van der Waals surface area contributed by atoms with Crippen LogP contribution in [0.15, 0.2) is 36.4 Å². The molecule has 1 fully saturated rings. The summed E-state index contributed by atoms with van der Waals surface area (Å²) in [7, 11) is 0. The smallest absolute Gasteiger partial charge is 0.342 e. The van der Waals surface area contributed by atoms with Gasteiger partial charge in [0.15, 0.2) is 0 Å². The van der Waals surface area contributed by atoms with Crippen LogP contribution in [0.1, 0.15) is 47.3 Å². The van der Waals surface area contributed by atoms with E-state index in [2.05, 4.69) is 10.6 Å². The molecule has 0 aliphatic carbocycles. The second-order valence-electron chi connectivity index (χ2n) is 8.49. The third-order valence-electron chi connectivity index (χ3n) is 5.91. The highest BCUT2D eigenvalue weighted by Gasteiger charge is 2.34. The summed E-state index contributed by atoms with van der Waals surface area (Å²) in [5, 5.41) is 26.6. The monoisotopic (exact) mass is 550 g/mol. The van der Waals surface area contributed by atoms with Crippen molar-refractivity contribution in [1.82, 2.24) is 15.5 Å². The maximum absolute atomic E-state index is 14.3. The summed E-state index contributed by atoms with van der Waals surface area (Å²) < 4.78 is 14.3. The molecule has 3 N–H and O–H groups in total. The number of nitro groups is 1. The number of benzene rings is 2. The van der Waals surface area contributed by atoms with Crippen LogP contribution in [-0.4, -0.2) is 50.9 Å². The highest BCUT2D eigenvalue weighted by Crippen LogP contribution is 2.27. The van der Waals surface area contributed by atoms with E-state index in [-0.39, 0.29) is 30.1 Å². The number of carboxylic acids is 1. The van der Waals surface area contributed by atoms with E-state index in [1.165, 1.54) is 24.3 Å². The first kappa shape index (κ1) is 27.9. The number of rotatable bonds is 8. The summed E-state index contributed by atoms with van der Waals surface area (Å²) in [5.41, 5.74) is -0.561. The zero-order chi connectivity index (χ0) is 27.3. The molecule has 1 saturated heterocycles. The number of nitro benzene ring substituents is 1. The molecule has 0 radical (unpaired) electrons. The van der Waals surface area contributed by atoms with Crippen LogP contribution in [-0.2, 0) is 11.2 Å². The second-order valence-corrected chi connectivity index (χ2v) is 9.42. The first-order valence-electron chi connectivity index (χ1n) is 11.4. The van der Waals surface area contributed by atoms with Gasteiger partial charge in [0.2, 0.25) is 5.91 Å². The maximum atomic E-state index is 14.3. The fourth-order valence-corrected chi connectivity index (χ4v) is 4.46. The van der Waals surface area contributed by atoms with Gasteiger partial charge in [-0.1, -0.05) is 43.2 Å². The van der Waals surface area contributed by atoms with E-state index in [4.69, 9.17) is 23.8 Å². The number of hydrogen-bond donors (Lipinski definition) is 3. The molecular weight excluding hydrogens is 527 g/mol. The van der Waals surface area contributed by atoms with Crippen LogP contribution in [0.5, 0.6) is 0 Å². The molecule has 37 heavy (non-hydrogen) atoms. The Labute approximate surface area is 221 Å². The van der Waals surface area contributed by atoms with Gasteiger partial charge in [-0.3, -0.25) is 19.8 Å². The Morgan fingerprint density at radius 3 is 2.73 bits per heavy atom. The molecule has 0 bridgehead atoms. The minimum absolute atomic E-state index is 0.0220. The Balaban J connectivity index is 1.86. The second kappa shape index (κ2) is 12.1. The van der Waals surface area contributed by atoms with Crippen molar-refractivity contribution in [3.05, 3.63) is 74.0 Å². The molecule has 1 aliphatic heterocycles. The minimum atomic E-state index is -1.45. The number of thiocarbonyl (C=S) groups is 1. The number of amides is 3. The number of carbonyl (C=O) groups excluding carboxylic acids is 2. The number of carbonyl (C=O) groups is 3. The highest BCUT2D eigenvalue weighted by molar-refractivity contribution is 7.80. The molecule has 3 rings (SSSR count). The lowest BCUT2D eigenvalue weighted by molar-refractivity contribution is -0.385. The topological polar surface area (TPSA) is 142 Å². The van der Waals surface area contributed by atoms with Crippen molar-refractivity contribution in [3.8, 4) is 0 Å². The molecule has 0 unspecified atom stereocenters. The summed E-state index contributed by atoms with van der Waals surface area (Å²) in [4.78, 5) is 49.7. The summed E-state index contributed by atoms with van der Waals surface area (Å²) in [6.45, 7) is 1.73. The van der Waals surface area contributed by atoms with Gasteiger partial charge < -0.3 is 15.7 Å². The Morgan fingerprint density at radius 2 is 2.08 bits per heavy atom. The summed E-state index contributed by atoms with van der Waals surface area (Å²) in [5.74, 6) is -3.38. The number of nitrogens with one attached hydrogen (secondary N) is 2. The van der Waals surface area contributed by atoms with Gasteiger partial charge in [0.25, 0.3) is 5.69 Å². The maximum Gasteiger partial charge on any atom is 0.342 e. The lowest BCUT2D eigenvalue weighted by Crippen LogP contribution is -2.48. The molecular formula is C24H24ClFN4O6S. The molecule has 10 nitrogen and oxygen atoms in total. The number of nitrogens with zero attached hydrogens (tertiary/aromatic N) is 2. The molecule has 1 aliphatic rings. The average Bonchev–Trinajstić information content (AvgIpc) is 2.99. The first-order chi connectivity index (χ1) is 17.5. The molecule has 3 amide bonds. The van der Waals surface area contributed by atoms with Crippen molar-refractivity contribution in [2.45, 2.75) is 32.2 Å². The predicted octanol–water partition coefficient (Wildman–Crippen LogP) is 4.25. The van der Waals surface area contributed by atoms with E-state index in [9.17, 15) is 34.0 Å². The van der Waals surface area contributed by atoms with Crippen molar-refractivity contribution >= 4 is 52.4 Å². The lowest BCUT2D eigenvalue weighted by atomic mass is 9.97. The van der Waals surface area contributed by atoms with E-state index in [1.54, 1.807) is 0 Å². The molecule has 196 valence electrons. The van der Waals surface area contributed by atoms with Crippen molar-refractivity contribution in [1.29, 1.82) is 0 Å². The van der Waals surface area contributed by atoms with Crippen molar-refractivity contribution in [2.24, 2.45) is 5.92 Å². The third-order valence-corrected chi connectivity index (χ3v) is 6.42. The Bertz CT molecular complexity index is 1260. The van der Waals surface area contributed by atoms with Gasteiger partial charge >= 0.3 is 12.0 Å². The van der Waals surface area contributed by atoms with Gasteiger partial charge in [-0.25, -0.2) is 14.0 Å². The zero-order valence-electron chi connectivity index (χ0n) is 19.7. The zero-order valence-corrected chi connectivity index (χ0v) is 21.3. The number of carboxylic acid groups (broad SMARTS) is 1. The first-order valence-corrected chi connectivity index (χ1v) is 12.1. The molecule has 0 saturated carbocycles. The average molecular weight is 551 g/mol. The summed E-state index contributed by atoms with van der Waals surface area (Å²) in [6.07, 6.45) is 0.910.